The smallest absolute Gasteiger partial charge is 0.120 e. The number of morpholine rings is 1. The Morgan fingerprint density at radius 1 is 1.00 bits per heavy atom. The molecule has 3 nitrogen and oxygen atoms in total. The minimum atomic E-state index is 0.0226. The van der Waals surface area contributed by atoms with Crippen molar-refractivity contribution < 1.29 is 4.74 Å². The van der Waals surface area contributed by atoms with Gasteiger partial charge in [0.15, 0.2) is 0 Å². The van der Waals surface area contributed by atoms with E-state index >= 15 is 0 Å². The Morgan fingerprint density at radius 3 is 2.26 bits per heavy atom. The topological polar surface area (TPSA) is 45.1 Å². The molecule has 2 saturated carbocycles. The first-order valence-electron chi connectivity index (χ1n) is 10.2. The van der Waals surface area contributed by atoms with Crippen molar-refractivity contribution in [2.24, 2.45) is 11.8 Å². The molecule has 0 bridgehead atoms. The zero-order chi connectivity index (χ0) is 16.1. The van der Waals surface area contributed by atoms with E-state index in [4.69, 9.17) is 10.1 Å². The normalized spacial score (nSPS) is 34.3. The molecule has 23 heavy (non-hydrogen) atoms. The van der Waals surface area contributed by atoms with Gasteiger partial charge in [0, 0.05) is 0 Å². The van der Waals surface area contributed by atoms with E-state index in [-0.39, 0.29) is 11.6 Å². The molecule has 2 atom stereocenters. The van der Waals surface area contributed by atoms with Crippen molar-refractivity contribution in [3.63, 3.8) is 0 Å². The molecule has 1 unspecified atom stereocenters. The van der Waals surface area contributed by atoms with Crippen molar-refractivity contribution in [2.75, 3.05) is 6.61 Å². The Labute approximate surface area is 142 Å². The number of amidine groups is 1. The van der Waals surface area contributed by atoms with Gasteiger partial charge in [0.2, 0.25) is 0 Å². The third kappa shape index (κ3) is 4.49. The summed E-state index contributed by atoms with van der Waals surface area (Å²) < 4.78 is 6.00. The van der Waals surface area contributed by atoms with Crippen LogP contribution < -0.4 is 5.32 Å². The molecule has 3 rings (SSSR count). The summed E-state index contributed by atoms with van der Waals surface area (Å²) in [5.74, 6) is 2.35. The molecule has 3 aliphatic rings. The summed E-state index contributed by atoms with van der Waals surface area (Å²) in [6.45, 7) is 2.71. The molecule has 1 heterocycles. The summed E-state index contributed by atoms with van der Waals surface area (Å²) in [6.07, 6.45) is 18.1. The van der Waals surface area contributed by atoms with E-state index < -0.39 is 0 Å². The predicted octanol–water partition coefficient (Wildman–Crippen LogP) is 5.04. The highest BCUT2D eigenvalue weighted by Gasteiger charge is 2.42. The Morgan fingerprint density at radius 2 is 1.61 bits per heavy atom. The molecule has 3 heteroatoms. The lowest BCUT2D eigenvalue weighted by molar-refractivity contribution is -0.0186. The molecule has 132 valence electrons. The van der Waals surface area contributed by atoms with Gasteiger partial charge in [0.1, 0.15) is 12.4 Å². The lowest BCUT2D eigenvalue weighted by Crippen LogP contribution is -2.62. The van der Waals surface area contributed by atoms with Crippen LogP contribution in [0.4, 0.5) is 0 Å². The quantitative estimate of drug-likeness (QED) is 0.745. The zero-order valence-electron chi connectivity index (χ0n) is 15.0. The molecule has 0 aromatic heterocycles. The van der Waals surface area contributed by atoms with Gasteiger partial charge in [-0.1, -0.05) is 64.2 Å². The maximum absolute atomic E-state index is 8.14. The molecule has 0 aromatic rings. The van der Waals surface area contributed by atoms with Gasteiger partial charge in [-0.05, 0) is 38.0 Å². The third-order valence-corrected chi connectivity index (χ3v) is 6.76. The van der Waals surface area contributed by atoms with Crippen molar-refractivity contribution in [2.45, 2.75) is 102 Å². The Balaban J connectivity index is 1.65. The molecule has 2 N–H and O–H groups in total. The SMILES string of the molecule is CC1OCC(=N)N[C@]1(CCC1CCCCC1)CC1CCCCC1. The molecule has 0 radical (unpaired) electrons. The number of hydrogen-bond donors (Lipinski definition) is 2. The first-order valence-corrected chi connectivity index (χ1v) is 10.2. The van der Waals surface area contributed by atoms with Crippen LogP contribution >= 0.6 is 0 Å². The van der Waals surface area contributed by atoms with Gasteiger partial charge >= 0.3 is 0 Å². The number of ether oxygens (including phenoxy) is 1. The van der Waals surface area contributed by atoms with Crippen molar-refractivity contribution in [3.8, 4) is 0 Å². The molecule has 0 spiro atoms. The van der Waals surface area contributed by atoms with Gasteiger partial charge in [0.05, 0.1) is 11.6 Å². The van der Waals surface area contributed by atoms with Crippen LogP contribution in [0.15, 0.2) is 0 Å². The number of nitrogens with one attached hydrogen (secondary N) is 2. The Kier molecular flexibility index (Phi) is 6.01. The summed E-state index contributed by atoms with van der Waals surface area (Å²) in [6, 6.07) is 0. The van der Waals surface area contributed by atoms with Crippen LogP contribution in [0.3, 0.4) is 0 Å². The van der Waals surface area contributed by atoms with Gasteiger partial charge in [-0.2, -0.15) is 0 Å². The minimum Gasteiger partial charge on any atom is -0.368 e. The van der Waals surface area contributed by atoms with Gasteiger partial charge in [-0.25, -0.2) is 0 Å². The average Bonchev–Trinajstić information content (AvgIpc) is 2.58. The van der Waals surface area contributed by atoms with Crippen LogP contribution in [0.2, 0.25) is 0 Å². The van der Waals surface area contributed by atoms with E-state index in [1.165, 1.54) is 83.5 Å². The van der Waals surface area contributed by atoms with E-state index in [9.17, 15) is 0 Å². The summed E-state index contributed by atoms with van der Waals surface area (Å²) >= 11 is 0. The van der Waals surface area contributed by atoms with Gasteiger partial charge in [0.25, 0.3) is 0 Å². The summed E-state index contributed by atoms with van der Waals surface area (Å²) in [5.41, 5.74) is 0.0226. The Bertz CT molecular complexity index is 385. The first kappa shape index (κ1) is 17.3. The second-order valence-corrected chi connectivity index (χ2v) is 8.46. The summed E-state index contributed by atoms with van der Waals surface area (Å²) in [7, 11) is 0. The first-order chi connectivity index (χ1) is 11.2. The third-order valence-electron chi connectivity index (χ3n) is 6.76. The molecular formula is C20H36N2O. The molecular weight excluding hydrogens is 284 g/mol. The van der Waals surface area contributed by atoms with Crippen molar-refractivity contribution >= 4 is 5.84 Å². The van der Waals surface area contributed by atoms with Crippen molar-refractivity contribution in [3.05, 3.63) is 0 Å². The van der Waals surface area contributed by atoms with E-state index in [1.54, 1.807) is 0 Å². The van der Waals surface area contributed by atoms with E-state index in [2.05, 4.69) is 12.2 Å². The summed E-state index contributed by atoms with van der Waals surface area (Å²) in [5, 5.41) is 11.8. The lowest BCUT2D eigenvalue weighted by Gasteiger charge is -2.47. The van der Waals surface area contributed by atoms with E-state index in [0.29, 0.717) is 12.4 Å². The van der Waals surface area contributed by atoms with Gasteiger partial charge in [-0.15, -0.1) is 0 Å². The second kappa shape index (κ2) is 8.00. The fourth-order valence-electron chi connectivity index (χ4n) is 5.23. The fraction of sp³-hybridized carbons (Fsp3) is 0.950. The van der Waals surface area contributed by atoms with Crippen molar-refractivity contribution in [1.29, 1.82) is 5.41 Å². The minimum absolute atomic E-state index is 0.0226. The van der Waals surface area contributed by atoms with Crippen LogP contribution in [-0.4, -0.2) is 24.1 Å². The highest BCUT2D eigenvalue weighted by Crippen LogP contribution is 2.38. The maximum atomic E-state index is 8.14. The van der Waals surface area contributed by atoms with Crippen molar-refractivity contribution in [1.82, 2.24) is 5.32 Å². The molecule has 1 saturated heterocycles. The highest BCUT2D eigenvalue weighted by molar-refractivity contribution is 5.81. The fourth-order valence-corrected chi connectivity index (χ4v) is 5.23. The number of hydrogen-bond acceptors (Lipinski definition) is 2. The van der Waals surface area contributed by atoms with Crippen LogP contribution in [0.5, 0.6) is 0 Å². The predicted molar refractivity (Wildman–Crippen MR) is 96.0 cm³/mol. The number of rotatable bonds is 5. The molecule has 0 amide bonds. The zero-order valence-corrected chi connectivity index (χ0v) is 15.0. The van der Waals surface area contributed by atoms with Crippen LogP contribution in [-0.2, 0) is 4.74 Å². The molecule has 0 aromatic carbocycles. The van der Waals surface area contributed by atoms with E-state index in [1.807, 2.05) is 0 Å². The molecule has 2 aliphatic carbocycles. The lowest BCUT2D eigenvalue weighted by atomic mass is 9.72. The average molecular weight is 321 g/mol. The molecule has 3 fully saturated rings. The summed E-state index contributed by atoms with van der Waals surface area (Å²) in [4.78, 5) is 0. The van der Waals surface area contributed by atoms with Gasteiger partial charge in [-0.3, -0.25) is 5.41 Å². The van der Waals surface area contributed by atoms with Crippen LogP contribution in [0, 0.1) is 17.2 Å². The Hall–Kier alpha value is -0.570. The second-order valence-electron chi connectivity index (χ2n) is 8.46. The standard InChI is InChI=1S/C20H36N2O/c1-16-20(22-19(21)15-23-16,14-18-10-6-3-7-11-18)13-12-17-8-4-2-5-9-17/h16-18H,2-15H2,1H3,(H2,21,22)/t16?,20-/m1/s1. The monoisotopic (exact) mass is 320 g/mol. The highest BCUT2D eigenvalue weighted by atomic mass is 16.5. The van der Waals surface area contributed by atoms with Gasteiger partial charge < -0.3 is 10.1 Å². The largest absolute Gasteiger partial charge is 0.368 e. The van der Waals surface area contributed by atoms with Crippen LogP contribution in [0.25, 0.3) is 0 Å². The van der Waals surface area contributed by atoms with Crippen LogP contribution in [0.1, 0.15) is 90.4 Å². The van der Waals surface area contributed by atoms with E-state index in [0.717, 1.165) is 11.8 Å². The maximum Gasteiger partial charge on any atom is 0.120 e. The molecule has 1 aliphatic heterocycles.